The number of carbonyl (C=O) groups excluding carboxylic acids is 1. The summed E-state index contributed by atoms with van der Waals surface area (Å²) in [5, 5.41) is 13.4. The summed E-state index contributed by atoms with van der Waals surface area (Å²) in [5.41, 5.74) is 3.94. The van der Waals surface area contributed by atoms with E-state index in [1.807, 2.05) is 30.5 Å². The number of rotatable bonds is 6. The van der Waals surface area contributed by atoms with Crippen LogP contribution in [0.4, 0.5) is 4.39 Å². The Kier molecular flexibility index (Phi) is 6.34. The predicted octanol–water partition coefficient (Wildman–Crippen LogP) is 4.17. The molecule has 1 aromatic heterocycles. The second-order valence-corrected chi connectivity index (χ2v) is 8.27. The Hall–Kier alpha value is -3.17. The van der Waals surface area contributed by atoms with Crippen molar-refractivity contribution < 1.29 is 9.18 Å². The maximum absolute atomic E-state index is 13.1. The van der Waals surface area contributed by atoms with Crippen LogP contribution in [0.5, 0.6) is 0 Å². The van der Waals surface area contributed by atoms with Gasteiger partial charge in [0.15, 0.2) is 0 Å². The molecule has 0 bridgehead atoms. The lowest BCUT2D eigenvalue weighted by atomic mass is 10.0. The number of aromatic nitrogens is 1. The van der Waals surface area contributed by atoms with Crippen molar-refractivity contribution in [3.8, 4) is 6.07 Å². The fourth-order valence-corrected chi connectivity index (χ4v) is 4.38. The van der Waals surface area contributed by atoms with Gasteiger partial charge in [0.05, 0.1) is 5.56 Å². The highest BCUT2D eigenvalue weighted by Gasteiger charge is 2.22. The summed E-state index contributed by atoms with van der Waals surface area (Å²) >= 11 is 0. The number of nitrogens with one attached hydrogen (secondary N) is 1. The number of benzene rings is 2. The number of carbonyl (C=O) groups is 1. The first-order valence-electron chi connectivity index (χ1n) is 10.8. The third-order valence-electron chi connectivity index (χ3n) is 6.14. The van der Waals surface area contributed by atoms with Gasteiger partial charge in [-0.05, 0) is 48.6 Å². The molecule has 2 aromatic carbocycles. The monoisotopic (exact) mass is 418 g/mol. The summed E-state index contributed by atoms with van der Waals surface area (Å²) in [7, 11) is 0. The normalized spacial score (nSPS) is 15.1. The Morgan fingerprint density at radius 1 is 1.16 bits per heavy atom. The van der Waals surface area contributed by atoms with Crippen LogP contribution >= 0.6 is 0 Å². The molecular weight excluding hydrogens is 391 g/mol. The molecule has 0 saturated carbocycles. The molecule has 1 aliphatic rings. The van der Waals surface area contributed by atoms with Gasteiger partial charge in [0, 0.05) is 56.2 Å². The summed E-state index contributed by atoms with van der Waals surface area (Å²) in [4.78, 5) is 13.7. The van der Waals surface area contributed by atoms with Crippen molar-refractivity contribution in [2.45, 2.75) is 38.8 Å². The van der Waals surface area contributed by atoms with Crippen molar-refractivity contribution in [1.29, 1.82) is 5.26 Å². The number of amides is 1. The molecule has 4 rings (SSSR count). The van der Waals surface area contributed by atoms with E-state index in [-0.39, 0.29) is 11.7 Å². The van der Waals surface area contributed by atoms with Crippen LogP contribution in [0.25, 0.3) is 10.9 Å². The number of nitrogens with zero attached hydrogens (tertiary/aromatic N) is 3. The molecule has 5 nitrogen and oxygen atoms in total. The minimum absolute atomic E-state index is 0.0544. The Bertz CT molecular complexity index is 1100. The average molecular weight is 419 g/mol. The number of likely N-dealkylation sites (tertiary alicyclic amines) is 1. The third-order valence-corrected chi connectivity index (χ3v) is 6.14. The van der Waals surface area contributed by atoms with E-state index < -0.39 is 0 Å². The highest BCUT2D eigenvalue weighted by Crippen LogP contribution is 2.31. The Morgan fingerprint density at radius 2 is 1.87 bits per heavy atom. The molecule has 3 aromatic rings. The summed E-state index contributed by atoms with van der Waals surface area (Å²) < 4.78 is 15.3. The first kappa shape index (κ1) is 21.1. The Morgan fingerprint density at radius 3 is 2.55 bits per heavy atom. The van der Waals surface area contributed by atoms with Crippen LogP contribution in [-0.2, 0) is 17.8 Å². The molecule has 0 spiro atoms. The average Bonchev–Trinajstić information content (AvgIpc) is 3.15. The first-order valence-corrected chi connectivity index (χ1v) is 10.8. The van der Waals surface area contributed by atoms with Crippen LogP contribution in [0, 0.1) is 17.1 Å². The number of halogens is 1. The van der Waals surface area contributed by atoms with E-state index in [1.54, 1.807) is 0 Å². The van der Waals surface area contributed by atoms with Crippen molar-refractivity contribution in [2.75, 3.05) is 19.6 Å². The van der Waals surface area contributed by atoms with E-state index >= 15 is 0 Å². The summed E-state index contributed by atoms with van der Waals surface area (Å²) in [6.07, 6.45) is 4.94. The second kappa shape index (κ2) is 9.32. The number of hydrogen-bond donors (Lipinski definition) is 1. The zero-order chi connectivity index (χ0) is 21.8. The van der Waals surface area contributed by atoms with Crippen LogP contribution < -0.4 is 5.32 Å². The number of fused-ring (bicyclic) bond motifs is 1. The van der Waals surface area contributed by atoms with Gasteiger partial charge in [-0.3, -0.25) is 4.79 Å². The zero-order valence-electron chi connectivity index (χ0n) is 17.8. The van der Waals surface area contributed by atoms with E-state index in [0.717, 1.165) is 60.9 Å². The van der Waals surface area contributed by atoms with Gasteiger partial charge in [-0.25, -0.2) is 4.39 Å². The molecule has 1 aliphatic heterocycles. The lowest BCUT2D eigenvalue weighted by molar-refractivity contribution is -0.119. The molecule has 0 radical (unpaired) electrons. The van der Waals surface area contributed by atoms with Gasteiger partial charge in [0.1, 0.15) is 11.9 Å². The molecule has 1 N–H and O–H groups in total. The van der Waals surface area contributed by atoms with Crippen LogP contribution in [0.3, 0.4) is 0 Å². The summed E-state index contributed by atoms with van der Waals surface area (Å²) in [6, 6.07) is 15.5. The van der Waals surface area contributed by atoms with E-state index in [4.69, 9.17) is 0 Å². The maximum atomic E-state index is 13.1. The Balaban J connectivity index is 1.44. The maximum Gasteiger partial charge on any atom is 0.217 e. The largest absolute Gasteiger partial charge is 0.352 e. The van der Waals surface area contributed by atoms with E-state index in [2.05, 4.69) is 26.9 Å². The van der Waals surface area contributed by atoms with Gasteiger partial charge in [0.2, 0.25) is 5.91 Å². The number of hydrogen-bond acceptors (Lipinski definition) is 3. The molecule has 1 amide bonds. The minimum atomic E-state index is -0.194. The van der Waals surface area contributed by atoms with Crippen LogP contribution in [0.15, 0.2) is 48.7 Å². The lowest BCUT2D eigenvalue weighted by Crippen LogP contribution is -2.35. The smallest absolute Gasteiger partial charge is 0.217 e. The minimum Gasteiger partial charge on any atom is -0.352 e. The molecular formula is C25H27FN4O. The first-order chi connectivity index (χ1) is 15.0. The summed E-state index contributed by atoms with van der Waals surface area (Å²) in [6.45, 7) is 4.96. The highest BCUT2D eigenvalue weighted by atomic mass is 19.1. The molecule has 160 valence electrons. The molecule has 1 fully saturated rings. The molecule has 2 heterocycles. The molecule has 0 aliphatic carbocycles. The Labute approximate surface area is 182 Å². The molecule has 1 saturated heterocycles. The zero-order valence-corrected chi connectivity index (χ0v) is 17.8. The quantitative estimate of drug-likeness (QED) is 0.654. The SMILES string of the molecule is CC(=O)NCc1ccc2c(C#N)cn(C3CCN(CCc4ccc(F)cc4)CC3)c2c1. The van der Waals surface area contributed by atoms with Crippen molar-refractivity contribution >= 4 is 16.8 Å². The van der Waals surface area contributed by atoms with Crippen molar-refractivity contribution in [3.63, 3.8) is 0 Å². The number of nitriles is 1. The van der Waals surface area contributed by atoms with Crippen LogP contribution in [-0.4, -0.2) is 35.0 Å². The van der Waals surface area contributed by atoms with E-state index in [9.17, 15) is 14.4 Å². The number of piperidine rings is 1. The van der Waals surface area contributed by atoms with Gasteiger partial charge in [-0.2, -0.15) is 5.26 Å². The van der Waals surface area contributed by atoms with E-state index in [0.29, 0.717) is 18.2 Å². The second-order valence-electron chi connectivity index (χ2n) is 8.27. The fraction of sp³-hybridized carbons (Fsp3) is 0.360. The van der Waals surface area contributed by atoms with E-state index in [1.165, 1.54) is 19.1 Å². The van der Waals surface area contributed by atoms with Crippen molar-refractivity contribution in [2.24, 2.45) is 0 Å². The van der Waals surface area contributed by atoms with Crippen molar-refractivity contribution in [1.82, 2.24) is 14.8 Å². The molecule has 31 heavy (non-hydrogen) atoms. The van der Waals surface area contributed by atoms with Gasteiger partial charge in [0.25, 0.3) is 0 Å². The standard InChI is InChI=1S/C25H27FN4O/c1-18(31)28-16-20-4-7-24-21(15-27)17-30(25(24)14-20)23-9-12-29(13-10-23)11-8-19-2-5-22(26)6-3-19/h2-7,14,17,23H,8-13,16H2,1H3,(H,28,31). The molecule has 0 unspecified atom stereocenters. The van der Waals surface area contributed by atoms with Gasteiger partial charge >= 0.3 is 0 Å². The fourth-order valence-electron chi connectivity index (χ4n) is 4.38. The topological polar surface area (TPSA) is 61.1 Å². The summed E-state index contributed by atoms with van der Waals surface area (Å²) in [5.74, 6) is -0.248. The predicted molar refractivity (Wildman–Crippen MR) is 119 cm³/mol. The lowest BCUT2D eigenvalue weighted by Gasteiger charge is -2.33. The molecule has 6 heteroatoms. The van der Waals surface area contributed by atoms with Crippen LogP contribution in [0.2, 0.25) is 0 Å². The van der Waals surface area contributed by atoms with Crippen LogP contribution in [0.1, 0.15) is 42.5 Å². The third kappa shape index (κ3) is 4.95. The highest BCUT2D eigenvalue weighted by molar-refractivity contribution is 5.87. The van der Waals surface area contributed by atoms with Gasteiger partial charge in [-0.15, -0.1) is 0 Å². The molecule has 0 atom stereocenters. The van der Waals surface area contributed by atoms with Gasteiger partial charge < -0.3 is 14.8 Å². The van der Waals surface area contributed by atoms with Crippen molar-refractivity contribution in [3.05, 3.63) is 71.2 Å². The van der Waals surface area contributed by atoms with Gasteiger partial charge in [-0.1, -0.05) is 24.3 Å².